The van der Waals surface area contributed by atoms with Gasteiger partial charge in [-0.05, 0) is 17.8 Å². The third-order valence-corrected chi connectivity index (χ3v) is 3.28. The van der Waals surface area contributed by atoms with Gasteiger partial charge in [-0.25, -0.2) is 0 Å². The third-order valence-electron chi connectivity index (χ3n) is 3.28. The SMILES string of the molecule is O=C1C[C@H]2C=C[C@@H]3C=C[C@H]1[C@@H]32. The first-order valence-corrected chi connectivity index (χ1v) is 4.25. The van der Waals surface area contributed by atoms with E-state index in [1.807, 2.05) is 0 Å². The van der Waals surface area contributed by atoms with Crippen molar-refractivity contribution in [3.05, 3.63) is 24.3 Å². The number of allylic oxidation sites excluding steroid dienone is 4. The first-order chi connectivity index (χ1) is 5.36. The summed E-state index contributed by atoms with van der Waals surface area (Å²) in [5.74, 6) is 2.54. The van der Waals surface area contributed by atoms with Gasteiger partial charge in [0.15, 0.2) is 0 Å². The summed E-state index contributed by atoms with van der Waals surface area (Å²) in [5, 5.41) is 0. The summed E-state index contributed by atoms with van der Waals surface area (Å²) in [6.07, 6.45) is 9.60. The van der Waals surface area contributed by atoms with E-state index in [0.29, 0.717) is 23.5 Å². The zero-order valence-corrected chi connectivity index (χ0v) is 6.23. The Morgan fingerprint density at radius 1 is 1.18 bits per heavy atom. The van der Waals surface area contributed by atoms with E-state index >= 15 is 0 Å². The normalized spacial score (nSPS) is 50.7. The van der Waals surface area contributed by atoms with E-state index in [0.717, 1.165) is 6.42 Å². The Morgan fingerprint density at radius 2 is 2.00 bits per heavy atom. The van der Waals surface area contributed by atoms with Gasteiger partial charge >= 0.3 is 0 Å². The number of rotatable bonds is 0. The van der Waals surface area contributed by atoms with Crippen molar-refractivity contribution < 1.29 is 4.79 Å². The minimum Gasteiger partial charge on any atom is -0.299 e. The van der Waals surface area contributed by atoms with Crippen molar-refractivity contribution in [2.75, 3.05) is 0 Å². The molecule has 11 heavy (non-hydrogen) atoms. The minimum absolute atomic E-state index is 0.278. The quantitative estimate of drug-likeness (QED) is 0.474. The largest absolute Gasteiger partial charge is 0.299 e. The number of ketones is 1. The Labute approximate surface area is 65.8 Å². The molecule has 0 N–H and O–H groups in total. The highest BCUT2D eigenvalue weighted by Gasteiger charge is 2.47. The monoisotopic (exact) mass is 146 g/mol. The molecule has 0 saturated heterocycles. The molecule has 1 fully saturated rings. The summed E-state index contributed by atoms with van der Waals surface area (Å²) in [4.78, 5) is 11.4. The molecule has 0 aromatic heterocycles. The zero-order chi connectivity index (χ0) is 7.42. The van der Waals surface area contributed by atoms with Gasteiger partial charge in [0.1, 0.15) is 5.78 Å². The molecule has 0 radical (unpaired) electrons. The molecule has 0 amide bonds. The van der Waals surface area contributed by atoms with Gasteiger partial charge in [0.05, 0.1) is 0 Å². The summed E-state index contributed by atoms with van der Waals surface area (Å²) in [6.45, 7) is 0. The van der Waals surface area contributed by atoms with Crippen LogP contribution in [0.3, 0.4) is 0 Å². The minimum atomic E-state index is 0.278. The third kappa shape index (κ3) is 0.550. The number of Topliss-reactive ketones (excluding diaryl/α,β-unsaturated/α-hetero) is 1. The molecule has 0 spiro atoms. The number of carbonyl (C=O) groups excluding carboxylic acids is 1. The average Bonchev–Trinajstić information content (AvgIpc) is 2.53. The van der Waals surface area contributed by atoms with Crippen LogP contribution in [0.15, 0.2) is 24.3 Å². The molecule has 3 aliphatic carbocycles. The number of hydrogen-bond acceptors (Lipinski definition) is 1. The van der Waals surface area contributed by atoms with Crippen molar-refractivity contribution in [1.29, 1.82) is 0 Å². The molecule has 4 atom stereocenters. The van der Waals surface area contributed by atoms with E-state index in [4.69, 9.17) is 0 Å². The van der Waals surface area contributed by atoms with Crippen LogP contribution in [0.25, 0.3) is 0 Å². The summed E-state index contributed by atoms with van der Waals surface area (Å²) in [5.41, 5.74) is 0. The molecule has 0 bridgehead atoms. The van der Waals surface area contributed by atoms with Crippen molar-refractivity contribution in [2.45, 2.75) is 6.42 Å². The number of hydrogen-bond donors (Lipinski definition) is 0. The fourth-order valence-corrected chi connectivity index (χ4v) is 2.78. The van der Waals surface area contributed by atoms with Crippen LogP contribution in [0.5, 0.6) is 0 Å². The van der Waals surface area contributed by atoms with Gasteiger partial charge < -0.3 is 0 Å². The zero-order valence-electron chi connectivity index (χ0n) is 6.23. The average molecular weight is 146 g/mol. The molecule has 1 heteroatoms. The van der Waals surface area contributed by atoms with Gasteiger partial charge in [-0.2, -0.15) is 0 Å². The smallest absolute Gasteiger partial charge is 0.140 e. The molecule has 0 aromatic rings. The van der Waals surface area contributed by atoms with Crippen LogP contribution in [0.2, 0.25) is 0 Å². The maximum Gasteiger partial charge on any atom is 0.140 e. The second-order valence-corrected chi connectivity index (χ2v) is 3.78. The molecule has 56 valence electrons. The van der Waals surface area contributed by atoms with E-state index in [2.05, 4.69) is 24.3 Å². The van der Waals surface area contributed by atoms with Crippen molar-refractivity contribution in [2.24, 2.45) is 23.7 Å². The van der Waals surface area contributed by atoms with Crippen molar-refractivity contribution >= 4 is 5.78 Å². The molecule has 1 saturated carbocycles. The van der Waals surface area contributed by atoms with Crippen molar-refractivity contribution in [3.8, 4) is 0 Å². The topological polar surface area (TPSA) is 17.1 Å². The van der Waals surface area contributed by atoms with Gasteiger partial charge in [-0.1, -0.05) is 24.3 Å². The fraction of sp³-hybridized carbons (Fsp3) is 0.500. The molecule has 0 heterocycles. The van der Waals surface area contributed by atoms with Crippen LogP contribution in [0.1, 0.15) is 6.42 Å². The maximum absolute atomic E-state index is 11.4. The lowest BCUT2D eigenvalue weighted by molar-refractivity contribution is -0.119. The second-order valence-electron chi connectivity index (χ2n) is 3.78. The van der Waals surface area contributed by atoms with E-state index in [9.17, 15) is 4.79 Å². The highest BCUT2D eigenvalue weighted by molar-refractivity contribution is 5.87. The summed E-state index contributed by atoms with van der Waals surface area (Å²) in [6, 6.07) is 0. The fourth-order valence-electron chi connectivity index (χ4n) is 2.78. The molecular weight excluding hydrogens is 136 g/mol. The van der Waals surface area contributed by atoms with Crippen LogP contribution >= 0.6 is 0 Å². The molecule has 0 unspecified atom stereocenters. The predicted molar refractivity (Wildman–Crippen MR) is 41.9 cm³/mol. The highest BCUT2D eigenvalue weighted by atomic mass is 16.1. The first-order valence-electron chi connectivity index (χ1n) is 4.25. The molecule has 1 nitrogen and oxygen atoms in total. The molecule has 0 aliphatic heterocycles. The standard InChI is InChI=1S/C10H10O/c11-9-5-7-2-1-6-3-4-8(9)10(6)7/h1-4,6-8,10H,5H2/t6-,7-,8-,10+/m1/s1. The lowest BCUT2D eigenvalue weighted by atomic mass is 9.90. The Balaban J connectivity index is 2.10. The second kappa shape index (κ2) is 1.66. The molecule has 3 aliphatic rings. The lowest BCUT2D eigenvalue weighted by Crippen LogP contribution is -2.12. The number of carbonyl (C=O) groups is 1. The molecular formula is C10H10O. The summed E-state index contributed by atoms with van der Waals surface area (Å²) in [7, 11) is 0. The Kier molecular flexibility index (Phi) is 0.867. The molecule has 0 aromatic carbocycles. The maximum atomic E-state index is 11.4. The van der Waals surface area contributed by atoms with Crippen LogP contribution in [-0.2, 0) is 4.79 Å². The Morgan fingerprint density at radius 3 is 2.91 bits per heavy atom. The van der Waals surface area contributed by atoms with E-state index in [1.165, 1.54) is 0 Å². The molecule has 3 rings (SSSR count). The van der Waals surface area contributed by atoms with Crippen LogP contribution in [0, 0.1) is 23.7 Å². The van der Waals surface area contributed by atoms with Crippen LogP contribution < -0.4 is 0 Å². The Hall–Kier alpha value is -0.850. The first kappa shape index (κ1) is 5.76. The van der Waals surface area contributed by atoms with Gasteiger partial charge in [-0.15, -0.1) is 0 Å². The van der Waals surface area contributed by atoms with E-state index < -0.39 is 0 Å². The van der Waals surface area contributed by atoms with Crippen molar-refractivity contribution in [3.63, 3.8) is 0 Å². The van der Waals surface area contributed by atoms with Crippen molar-refractivity contribution in [1.82, 2.24) is 0 Å². The predicted octanol–water partition coefficient (Wildman–Crippen LogP) is 1.56. The van der Waals surface area contributed by atoms with E-state index in [-0.39, 0.29) is 5.92 Å². The van der Waals surface area contributed by atoms with E-state index in [1.54, 1.807) is 0 Å². The van der Waals surface area contributed by atoms with Crippen LogP contribution in [-0.4, -0.2) is 5.78 Å². The summed E-state index contributed by atoms with van der Waals surface area (Å²) >= 11 is 0. The van der Waals surface area contributed by atoms with Crippen LogP contribution in [0.4, 0.5) is 0 Å². The Bertz CT molecular complexity index is 275. The summed E-state index contributed by atoms with van der Waals surface area (Å²) < 4.78 is 0. The van der Waals surface area contributed by atoms with Gasteiger partial charge in [0.2, 0.25) is 0 Å². The van der Waals surface area contributed by atoms with Gasteiger partial charge in [0.25, 0.3) is 0 Å². The highest BCUT2D eigenvalue weighted by Crippen LogP contribution is 2.49. The lowest BCUT2D eigenvalue weighted by Gasteiger charge is -2.12. The van der Waals surface area contributed by atoms with Gasteiger partial charge in [-0.3, -0.25) is 4.79 Å². The van der Waals surface area contributed by atoms with Gasteiger partial charge in [0, 0.05) is 12.3 Å².